The number of fused-ring (bicyclic) bond motifs is 1. The van der Waals surface area contributed by atoms with Crippen molar-refractivity contribution in [2.45, 2.75) is 6.42 Å². The monoisotopic (exact) mass is 372 g/mol. The highest BCUT2D eigenvalue weighted by Gasteiger charge is 2.25. The lowest BCUT2D eigenvalue weighted by atomic mass is 10.1. The van der Waals surface area contributed by atoms with Crippen LogP contribution in [0.15, 0.2) is 42.5 Å². The molecule has 2 aromatic carbocycles. The first-order valence-corrected chi connectivity index (χ1v) is 8.89. The fraction of sp³-hybridized carbons (Fsp3) is 0.211. The van der Waals surface area contributed by atoms with Crippen LogP contribution >= 0.6 is 23.2 Å². The summed E-state index contributed by atoms with van der Waals surface area (Å²) in [7, 11) is 4.07. The number of hydrogen-bond acceptors (Lipinski definition) is 3. The number of hydrogen-bond donors (Lipinski definition) is 1. The Bertz CT molecular complexity index is 947. The highest BCUT2D eigenvalue weighted by Crippen LogP contribution is 2.37. The number of rotatable bonds is 3. The van der Waals surface area contributed by atoms with Gasteiger partial charge in [0.1, 0.15) is 5.82 Å². The molecule has 0 amide bonds. The van der Waals surface area contributed by atoms with Crippen LogP contribution in [0.25, 0.3) is 16.9 Å². The second-order valence-corrected chi connectivity index (χ2v) is 7.15. The van der Waals surface area contributed by atoms with Gasteiger partial charge in [0.2, 0.25) is 0 Å². The number of nitrogens with one attached hydrogen (secondary N) is 1. The van der Waals surface area contributed by atoms with Gasteiger partial charge >= 0.3 is 0 Å². The summed E-state index contributed by atoms with van der Waals surface area (Å²) < 4.78 is 1.87. The number of aromatic nitrogens is 2. The summed E-state index contributed by atoms with van der Waals surface area (Å²) in [6, 6.07) is 13.8. The van der Waals surface area contributed by atoms with Crippen molar-refractivity contribution in [2.24, 2.45) is 0 Å². The van der Waals surface area contributed by atoms with Crippen molar-refractivity contribution in [3.63, 3.8) is 0 Å². The molecule has 0 unspecified atom stereocenters. The maximum absolute atomic E-state index is 6.40. The largest absolute Gasteiger partial charge is 0.378 e. The molecule has 6 heteroatoms. The second-order valence-electron chi connectivity index (χ2n) is 6.30. The molecule has 25 heavy (non-hydrogen) atoms. The van der Waals surface area contributed by atoms with Crippen molar-refractivity contribution >= 4 is 34.7 Å². The first kappa shape index (κ1) is 16.3. The van der Waals surface area contributed by atoms with E-state index in [0.717, 1.165) is 41.4 Å². The maximum atomic E-state index is 6.40. The first-order valence-electron chi connectivity index (χ1n) is 8.13. The predicted octanol–water partition coefficient (Wildman–Crippen LogP) is 4.88. The van der Waals surface area contributed by atoms with Gasteiger partial charge in [0, 0.05) is 42.5 Å². The van der Waals surface area contributed by atoms with Crippen LogP contribution in [0.1, 0.15) is 5.56 Å². The van der Waals surface area contributed by atoms with Crippen molar-refractivity contribution in [3.05, 3.63) is 58.1 Å². The Morgan fingerprint density at radius 1 is 1.12 bits per heavy atom. The Morgan fingerprint density at radius 2 is 1.96 bits per heavy atom. The van der Waals surface area contributed by atoms with Gasteiger partial charge in [-0.05, 0) is 36.8 Å². The van der Waals surface area contributed by atoms with E-state index in [1.165, 1.54) is 5.56 Å². The average Bonchev–Trinajstić information content (AvgIpc) is 3.19. The summed E-state index contributed by atoms with van der Waals surface area (Å²) >= 11 is 12.6. The minimum atomic E-state index is 0.622. The molecule has 0 radical (unpaired) electrons. The van der Waals surface area contributed by atoms with E-state index in [0.29, 0.717) is 10.0 Å². The summed E-state index contributed by atoms with van der Waals surface area (Å²) in [4.78, 5) is 2.09. The van der Waals surface area contributed by atoms with Crippen LogP contribution in [0, 0.1) is 0 Å². The molecule has 0 atom stereocenters. The Labute approximate surface area is 157 Å². The minimum absolute atomic E-state index is 0.622. The average molecular weight is 373 g/mol. The molecule has 0 bridgehead atoms. The Balaban J connectivity index is 1.89. The number of halogens is 2. The van der Waals surface area contributed by atoms with E-state index in [2.05, 4.69) is 34.5 Å². The maximum Gasteiger partial charge on any atom is 0.133 e. The van der Waals surface area contributed by atoms with E-state index in [-0.39, 0.29) is 0 Å². The third-order valence-corrected chi connectivity index (χ3v) is 4.98. The van der Waals surface area contributed by atoms with Crippen LogP contribution in [0.2, 0.25) is 10.0 Å². The normalized spacial score (nSPS) is 12.8. The van der Waals surface area contributed by atoms with E-state index in [9.17, 15) is 0 Å². The van der Waals surface area contributed by atoms with Crippen molar-refractivity contribution in [1.82, 2.24) is 9.78 Å². The molecule has 0 aliphatic carbocycles. The fourth-order valence-corrected chi connectivity index (χ4v) is 3.52. The zero-order valence-electron chi connectivity index (χ0n) is 14.1. The molecule has 1 aliphatic heterocycles. The predicted molar refractivity (Wildman–Crippen MR) is 106 cm³/mol. The van der Waals surface area contributed by atoms with Gasteiger partial charge in [0.25, 0.3) is 0 Å². The number of anilines is 2. The van der Waals surface area contributed by atoms with Crippen LogP contribution < -0.4 is 10.2 Å². The molecular weight excluding hydrogens is 355 g/mol. The van der Waals surface area contributed by atoms with E-state index in [1.54, 1.807) is 12.1 Å². The molecule has 128 valence electrons. The lowest BCUT2D eigenvalue weighted by Gasteiger charge is -2.13. The van der Waals surface area contributed by atoms with Crippen LogP contribution in [0.3, 0.4) is 0 Å². The molecule has 4 nitrogen and oxygen atoms in total. The van der Waals surface area contributed by atoms with Gasteiger partial charge < -0.3 is 10.2 Å². The number of benzene rings is 2. The molecule has 1 aliphatic rings. The van der Waals surface area contributed by atoms with Crippen molar-refractivity contribution in [3.8, 4) is 16.9 Å². The van der Waals surface area contributed by atoms with Crippen molar-refractivity contribution in [2.75, 3.05) is 30.9 Å². The van der Waals surface area contributed by atoms with Gasteiger partial charge in [-0.3, -0.25) is 0 Å². The molecule has 1 N–H and O–H groups in total. The molecule has 0 saturated carbocycles. The third-order valence-electron chi connectivity index (χ3n) is 4.42. The summed E-state index contributed by atoms with van der Waals surface area (Å²) in [5.41, 5.74) is 5.23. The second kappa shape index (κ2) is 6.28. The van der Waals surface area contributed by atoms with E-state index in [1.807, 2.05) is 24.8 Å². The molecular formula is C19H18Cl2N4. The Morgan fingerprint density at radius 3 is 2.76 bits per heavy atom. The van der Waals surface area contributed by atoms with Crippen LogP contribution in [0.5, 0.6) is 0 Å². The lowest BCUT2D eigenvalue weighted by Crippen LogP contribution is -2.08. The highest BCUT2D eigenvalue weighted by atomic mass is 35.5. The Hall–Kier alpha value is -2.17. The zero-order chi connectivity index (χ0) is 17.6. The van der Waals surface area contributed by atoms with Gasteiger partial charge in [0.05, 0.1) is 16.4 Å². The lowest BCUT2D eigenvalue weighted by molar-refractivity contribution is 0.882. The van der Waals surface area contributed by atoms with Crippen molar-refractivity contribution in [1.29, 1.82) is 0 Å². The summed E-state index contributed by atoms with van der Waals surface area (Å²) in [6.07, 6.45) is 0.940. The summed E-state index contributed by atoms with van der Waals surface area (Å²) in [5.74, 6) is 0.995. The number of nitrogens with zero attached hydrogens (tertiary/aromatic N) is 3. The van der Waals surface area contributed by atoms with E-state index in [4.69, 9.17) is 28.3 Å². The summed E-state index contributed by atoms with van der Waals surface area (Å²) in [6.45, 7) is 0.895. The van der Waals surface area contributed by atoms with Gasteiger partial charge in [-0.2, -0.15) is 5.10 Å². The standard InChI is InChI=1S/C19H18Cl2N4/c1-24(2)14-5-3-4-12(10-14)18-15-8-9-22-19(15)25(23-18)17-11-13(20)6-7-16(17)21/h3-7,10-11,22H,8-9H2,1-2H3. The van der Waals surface area contributed by atoms with Crippen LogP contribution in [0.4, 0.5) is 11.5 Å². The van der Waals surface area contributed by atoms with E-state index >= 15 is 0 Å². The first-order chi connectivity index (χ1) is 12.0. The van der Waals surface area contributed by atoms with E-state index < -0.39 is 0 Å². The van der Waals surface area contributed by atoms with Gasteiger partial charge in [-0.25, -0.2) is 4.68 Å². The van der Waals surface area contributed by atoms with Crippen LogP contribution in [-0.2, 0) is 6.42 Å². The minimum Gasteiger partial charge on any atom is -0.378 e. The van der Waals surface area contributed by atoms with Crippen LogP contribution in [-0.4, -0.2) is 30.4 Å². The molecule has 3 aromatic rings. The van der Waals surface area contributed by atoms with Gasteiger partial charge in [-0.15, -0.1) is 0 Å². The topological polar surface area (TPSA) is 33.1 Å². The molecule has 4 rings (SSSR count). The molecule has 0 spiro atoms. The smallest absolute Gasteiger partial charge is 0.133 e. The molecule has 2 heterocycles. The van der Waals surface area contributed by atoms with Crippen molar-refractivity contribution < 1.29 is 0 Å². The quantitative estimate of drug-likeness (QED) is 0.710. The molecule has 0 fully saturated rings. The van der Waals surface area contributed by atoms with Gasteiger partial charge in [0.15, 0.2) is 0 Å². The van der Waals surface area contributed by atoms with Gasteiger partial charge in [-0.1, -0.05) is 35.3 Å². The zero-order valence-corrected chi connectivity index (χ0v) is 15.6. The Kier molecular flexibility index (Phi) is 4.10. The highest BCUT2D eigenvalue weighted by molar-refractivity contribution is 6.34. The molecule has 1 aromatic heterocycles. The fourth-order valence-electron chi connectivity index (χ4n) is 3.16. The molecule has 0 saturated heterocycles. The summed E-state index contributed by atoms with van der Waals surface area (Å²) in [5, 5.41) is 9.56. The SMILES string of the molecule is CN(C)c1cccc(-c2nn(-c3cc(Cl)ccc3Cl)c3c2CCN3)c1. The third kappa shape index (κ3) is 2.86.